The fourth-order valence-electron chi connectivity index (χ4n) is 1.17. The third-order valence-corrected chi connectivity index (χ3v) is 1.90. The summed E-state index contributed by atoms with van der Waals surface area (Å²) in [5.74, 6) is 1.35. The monoisotopic (exact) mass is 194 g/mol. The molecule has 14 heavy (non-hydrogen) atoms. The molecule has 0 atom stereocenters. The summed E-state index contributed by atoms with van der Waals surface area (Å²) in [6, 6.07) is 0. The van der Waals surface area contributed by atoms with Crippen molar-refractivity contribution in [3.05, 3.63) is 22.4 Å². The van der Waals surface area contributed by atoms with Crippen LogP contribution in [0.15, 0.2) is 11.0 Å². The largest absolute Gasteiger partial charge is 0.490 e. The molecular weight excluding hydrogens is 184 g/mol. The lowest BCUT2D eigenvalue weighted by molar-refractivity contribution is 0.404. The Morgan fingerprint density at radius 2 is 2.43 bits per heavy atom. The van der Waals surface area contributed by atoms with Gasteiger partial charge in [-0.25, -0.2) is 4.52 Å². The van der Waals surface area contributed by atoms with Gasteiger partial charge in [-0.05, 0) is 0 Å². The molecule has 6 nitrogen and oxygen atoms in total. The van der Waals surface area contributed by atoms with Gasteiger partial charge in [-0.15, -0.1) is 5.10 Å². The second-order valence-electron chi connectivity index (χ2n) is 2.80. The molecule has 0 saturated heterocycles. The van der Waals surface area contributed by atoms with Crippen LogP contribution in [0.2, 0.25) is 0 Å². The van der Waals surface area contributed by atoms with Crippen molar-refractivity contribution in [3.63, 3.8) is 0 Å². The van der Waals surface area contributed by atoms with Crippen molar-refractivity contribution in [3.8, 4) is 5.75 Å². The number of aromatic nitrogens is 4. The molecule has 0 fully saturated rings. The van der Waals surface area contributed by atoms with Crippen LogP contribution in [0.5, 0.6) is 5.75 Å². The van der Waals surface area contributed by atoms with E-state index in [0.29, 0.717) is 11.6 Å². The number of nitrogens with zero attached hydrogens (tertiary/aromatic N) is 3. The zero-order valence-electron chi connectivity index (χ0n) is 7.94. The number of fused-ring (bicyclic) bond motifs is 1. The van der Waals surface area contributed by atoms with Gasteiger partial charge in [0.2, 0.25) is 11.5 Å². The average Bonchev–Trinajstić information content (AvgIpc) is 2.58. The summed E-state index contributed by atoms with van der Waals surface area (Å²) in [7, 11) is 1.44. The first-order chi connectivity index (χ1) is 6.74. The second kappa shape index (κ2) is 3.13. The van der Waals surface area contributed by atoms with Crippen molar-refractivity contribution in [2.24, 2.45) is 0 Å². The minimum absolute atomic E-state index is 0.227. The highest BCUT2D eigenvalue weighted by Gasteiger charge is 2.06. The first-order valence-corrected chi connectivity index (χ1v) is 4.27. The molecule has 74 valence electrons. The Kier molecular flexibility index (Phi) is 1.95. The molecule has 0 aliphatic carbocycles. The molecule has 2 aromatic rings. The van der Waals surface area contributed by atoms with Crippen molar-refractivity contribution in [1.29, 1.82) is 0 Å². The summed E-state index contributed by atoms with van der Waals surface area (Å²) in [6.45, 7) is 1.95. The standard InChI is InChI=1S/C8H10N4O2/c1-3-6-9-8-10-7(13)5(14-2)4-12(8)11-6/h4H,3H2,1-2H3,(H,9,10,11,13). The Morgan fingerprint density at radius 1 is 1.64 bits per heavy atom. The van der Waals surface area contributed by atoms with Gasteiger partial charge in [0.15, 0.2) is 5.82 Å². The van der Waals surface area contributed by atoms with Crippen LogP contribution in [0.25, 0.3) is 5.78 Å². The minimum atomic E-state index is -0.296. The average molecular weight is 194 g/mol. The molecule has 0 aliphatic rings. The Balaban J connectivity index is 2.70. The zero-order chi connectivity index (χ0) is 10.1. The van der Waals surface area contributed by atoms with Crippen LogP contribution in [0.3, 0.4) is 0 Å². The molecule has 0 aromatic carbocycles. The predicted octanol–water partition coefficient (Wildman–Crippen LogP) is -0.0114. The van der Waals surface area contributed by atoms with Crippen LogP contribution < -0.4 is 10.3 Å². The van der Waals surface area contributed by atoms with Crippen LogP contribution in [0.1, 0.15) is 12.7 Å². The van der Waals surface area contributed by atoms with Crippen molar-refractivity contribution in [1.82, 2.24) is 19.6 Å². The number of hydrogen-bond donors (Lipinski definition) is 1. The number of ether oxygens (including phenoxy) is 1. The summed E-state index contributed by atoms with van der Waals surface area (Å²) in [4.78, 5) is 18.0. The SMILES string of the molecule is CCc1nc2[nH]c(=O)c(OC)cn2n1. The van der Waals surface area contributed by atoms with Gasteiger partial charge < -0.3 is 4.74 Å². The number of aryl methyl sites for hydroxylation is 1. The van der Waals surface area contributed by atoms with E-state index in [1.165, 1.54) is 17.8 Å². The van der Waals surface area contributed by atoms with E-state index in [2.05, 4.69) is 15.1 Å². The van der Waals surface area contributed by atoms with Gasteiger partial charge in [-0.1, -0.05) is 6.92 Å². The van der Waals surface area contributed by atoms with E-state index in [1.54, 1.807) is 0 Å². The Morgan fingerprint density at radius 3 is 3.07 bits per heavy atom. The normalized spacial score (nSPS) is 10.7. The molecule has 0 unspecified atom stereocenters. The molecule has 0 aliphatic heterocycles. The van der Waals surface area contributed by atoms with Crippen molar-refractivity contribution >= 4 is 5.78 Å². The third-order valence-electron chi connectivity index (χ3n) is 1.90. The van der Waals surface area contributed by atoms with Crippen LogP contribution >= 0.6 is 0 Å². The van der Waals surface area contributed by atoms with Crippen LogP contribution in [-0.4, -0.2) is 26.7 Å². The number of rotatable bonds is 2. The van der Waals surface area contributed by atoms with Gasteiger partial charge in [0.1, 0.15) is 0 Å². The maximum atomic E-state index is 11.3. The maximum Gasteiger partial charge on any atom is 0.294 e. The van der Waals surface area contributed by atoms with E-state index in [9.17, 15) is 4.79 Å². The number of methoxy groups -OCH3 is 1. The van der Waals surface area contributed by atoms with E-state index in [-0.39, 0.29) is 11.3 Å². The summed E-state index contributed by atoms with van der Waals surface area (Å²) in [5, 5.41) is 4.14. The fraction of sp³-hybridized carbons (Fsp3) is 0.375. The topological polar surface area (TPSA) is 72.3 Å². The molecule has 2 aromatic heterocycles. The summed E-state index contributed by atoms with van der Waals surface area (Å²) < 4.78 is 6.36. The van der Waals surface area contributed by atoms with Gasteiger partial charge in [0.25, 0.3) is 5.56 Å². The lowest BCUT2D eigenvalue weighted by atomic mass is 10.5. The molecule has 0 radical (unpaired) electrons. The van der Waals surface area contributed by atoms with Crippen LogP contribution in [0, 0.1) is 0 Å². The van der Waals surface area contributed by atoms with Crippen molar-refractivity contribution < 1.29 is 4.74 Å². The fourth-order valence-corrected chi connectivity index (χ4v) is 1.17. The highest BCUT2D eigenvalue weighted by atomic mass is 16.5. The number of H-pyrrole nitrogens is 1. The first kappa shape index (κ1) is 8.74. The molecule has 0 bridgehead atoms. The smallest absolute Gasteiger partial charge is 0.294 e. The molecule has 0 saturated carbocycles. The second-order valence-corrected chi connectivity index (χ2v) is 2.80. The van der Waals surface area contributed by atoms with Gasteiger partial charge >= 0.3 is 0 Å². The molecule has 0 spiro atoms. The summed E-state index contributed by atoms with van der Waals surface area (Å²) in [5.41, 5.74) is -0.296. The van der Waals surface area contributed by atoms with Gasteiger partial charge in [-0.3, -0.25) is 9.78 Å². The Bertz CT molecular complexity index is 514. The highest BCUT2D eigenvalue weighted by molar-refractivity contribution is 5.29. The number of hydrogen-bond acceptors (Lipinski definition) is 4. The molecule has 2 rings (SSSR count). The zero-order valence-corrected chi connectivity index (χ0v) is 7.94. The molecule has 0 amide bonds. The van der Waals surface area contributed by atoms with Gasteiger partial charge in [0, 0.05) is 6.42 Å². The minimum Gasteiger partial charge on any atom is -0.490 e. The predicted molar refractivity (Wildman–Crippen MR) is 49.5 cm³/mol. The number of nitrogens with one attached hydrogen (secondary N) is 1. The first-order valence-electron chi connectivity index (χ1n) is 4.27. The van der Waals surface area contributed by atoms with Crippen molar-refractivity contribution in [2.45, 2.75) is 13.3 Å². The van der Waals surface area contributed by atoms with Gasteiger partial charge in [-0.2, -0.15) is 4.98 Å². The summed E-state index contributed by atoms with van der Waals surface area (Å²) in [6.07, 6.45) is 2.24. The maximum absolute atomic E-state index is 11.3. The van der Waals surface area contributed by atoms with Crippen LogP contribution in [0.4, 0.5) is 0 Å². The van der Waals surface area contributed by atoms with Crippen LogP contribution in [-0.2, 0) is 6.42 Å². The molecule has 6 heteroatoms. The lowest BCUT2D eigenvalue weighted by Gasteiger charge is -1.96. The van der Waals surface area contributed by atoms with E-state index in [1.807, 2.05) is 6.92 Å². The molecule has 1 N–H and O–H groups in total. The summed E-state index contributed by atoms with van der Waals surface area (Å²) >= 11 is 0. The van der Waals surface area contributed by atoms with E-state index < -0.39 is 0 Å². The van der Waals surface area contributed by atoms with E-state index in [4.69, 9.17) is 4.74 Å². The molecular formula is C8H10N4O2. The van der Waals surface area contributed by atoms with Gasteiger partial charge in [0.05, 0.1) is 13.3 Å². The van der Waals surface area contributed by atoms with E-state index >= 15 is 0 Å². The Hall–Kier alpha value is -1.85. The quantitative estimate of drug-likeness (QED) is 0.729. The molecule has 2 heterocycles. The Labute approximate surface area is 79.5 Å². The van der Waals surface area contributed by atoms with E-state index in [0.717, 1.165) is 6.42 Å². The highest BCUT2D eigenvalue weighted by Crippen LogP contribution is 2.02. The lowest BCUT2D eigenvalue weighted by Crippen LogP contribution is -2.11. The van der Waals surface area contributed by atoms with Crippen molar-refractivity contribution in [2.75, 3.05) is 7.11 Å². The number of aromatic amines is 1. The third kappa shape index (κ3) is 1.24.